The van der Waals surface area contributed by atoms with Crippen molar-refractivity contribution >= 4 is 33.5 Å². The van der Waals surface area contributed by atoms with E-state index in [2.05, 4.69) is 25.6 Å². The lowest BCUT2D eigenvalue weighted by atomic mass is 10.2. The number of nitrogens with one attached hydrogen (secondary N) is 2. The third-order valence-corrected chi connectivity index (χ3v) is 4.03. The Kier molecular flexibility index (Phi) is 3.50. The second-order valence-corrected chi connectivity index (χ2v) is 5.66. The fourth-order valence-electron chi connectivity index (χ4n) is 2.63. The maximum Gasteiger partial charge on any atom is 0.278 e. The van der Waals surface area contributed by atoms with Gasteiger partial charge in [0.2, 0.25) is 5.91 Å². The zero-order valence-corrected chi connectivity index (χ0v) is 13.3. The fraction of sp³-hybridized carbons (Fsp3) is 0.118. The Morgan fingerprint density at radius 2 is 2.04 bits per heavy atom. The lowest BCUT2D eigenvalue weighted by molar-refractivity contribution is -0.119. The van der Waals surface area contributed by atoms with Crippen LogP contribution >= 0.6 is 0 Å². The minimum atomic E-state index is -0.804. The zero-order chi connectivity index (χ0) is 17.4. The Hall–Kier alpha value is -3.55. The average molecular weight is 334 g/mol. The molecule has 2 aromatic carbocycles. The molecule has 2 aromatic heterocycles. The molecule has 124 valence electrons. The molecule has 2 N–H and O–H groups in total. The molecular weight excluding hydrogens is 320 g/mol. The van der Waals surface area contributed by atoms with E-state index in [-0.39, 0.29) is 11.5 Å². The highest BCUT2D eigenvalue weighted by atomic mass is 16.2. The molecule has 1 amide bonds. The van der Waals surface area contributed by atoms with Gasteiger partial charge in [-0.25, -0.2) is 4.98 Å². The van der Waals surface area contributed by atoms with Crippen LogP contribution in [-0.2, 0) is 4.79 Å². The van der Waals surface area contributed by atoms with Crippen LogP contribution < -0.4 is 10.9 Å². The molecule has 8 nitrogen and oxygen atoms in total. The van der Waals surface area contributed by atoms with E-state index in [4.69, 9.17) is 0 Å². The van der Waals surface area contributed by atoms with E-state index in [1.165, 1.54) is 0 Å². The number of carbonyl (C=O) groups is 1. The molecule has 4 rings (SSSR count). The van der Waals surface area contributed by atoms with Gasteiger partial charge in [-0.2, -0.15) is 4.68 Å². The summed E-state index contributed by atoms with van der Waals surface area (Å²) in [5.41, 5.74) is 2.38. The van der Waals surface area contributed by atoms with Gasteiger partial charge in [-0.15, -0.1) is 5.10 Å². The molecule has 0 aliphatic heterocycles. The first-order chi connectivity index (χ1) is 12.1. The van der Waals surface area contributed by atoms with Crippen LogP contribution in [0.5, 0.6) is 0 Å². The number of carbonyl (C=O) groups excluding carboxylic acids is 1. The summed E-state index contributed by atoms with van der Waals surface area (Å²) in [6, 6.07) is 11.4. The van der Waals surface area contributed by atoms with E-state index >= 15 is 0 Å². The number of aromatic nitrogens is 5. The van der Waals surface area contributed by atoms with Crippen LogP contribution in [0.15, 0.2) is 53.6 Å². The number of imidazole rings is 1. The molecule has 0 saturated carbocycles. The van der Waals surface area contributed by atoms with Crippen LogP contribution in [0.3, 0.4) is 0 Å². The van der Waals surface area contributed by atoms with E-state index < -0.39 is 6.04 Å². The summed E-state index contributed by atoms with van der Waals surface area (Å²) < 4.78 is 1.09. The van der Waals surface area contributed by atoms with Crippen LogP contribution in [0.4, 0.5) is 5.69 Å². The number of rotatable bonds is 3. The van der Waals surface area contributed by atoms with Crippen molar-refractivity contribution in [1.82, 2.24) is 25.0 Å². The predicted octanol–water partition coefficient (Wildman–Crippen LogP) is 1.87. The quantitative estimate of drug-likeness (QED) is 0.595. The fourth-order valence-corrected chi connectivity index (χ4v) is 2.63. The Morgan fingerprint density at radius 3 is 2.92 bits per heavy atom. The molecule has 4 aromatic rings. The first kappa shape index (κ1) is 15.0. The molecule has 2 heterocycles. The van der Waals surface area contributed by atoms with E-state index in [0.717, 1.165) is 15.7 Å². The molecule has 0 aliphatic rings. The lowest BCUT2D eigenvalue weighted by Gasteiger charge is -2.13. The number of benzene rings is 2. The van der Waals surface area contributed by atoms with Gasteiger partial charge < -0.3 is 10.3 Å². The van der Waals surface area contributed by atoms with E-state index in [9.17, 15) is 9.59 Å². The number of H-pyrrole nitrogens is 1. The molecule has 0 spiro atoms. The molecule has 8 heteroatoms. The standard InChI is InChI=1S/C17H14N6O2/c1-10(23-17(25)12-4-2-3-5-13(12)21-22-23)16(24)20-11-6-7-14-15(8-11)19-9-18-14/h2-10H,1H3,(H,18,19)(H,20,24)/t10-/m0/s1. The van der Waals surface area contributed by atoms with Gasteiger partial charge >= 0.3 is 0 Å². The van der Waals surface area contributed by atoms with Crippen molar-refractivity contribution < 1.29 is 4.79 Å². The highest BCUT2D eigenvalue weighted by molar-refractivity contribution is 5.95. The molecule has 1 atom stereocenters. The van der Waals surface area contributed by atoms with Crippen LogP contribution in [0.1, 0.15) is 13.0 Å². The van der Waals surface area contributed by atoms with Gasteiger partial charge in [0.15, 0.2) is 0 Å². The van der Waals surface area contributed by atoms with Crippen molar-refractivity contribution in [1.29, 1.82) is 0 Å². The second-order valence-electron chi connectivity index (χ2n) is 5.66. The number of anilines is 1. The van der Waals surface area contributed by atoms with E-state index in [1.54, 1.807) is 55.7 Å². The summed E-state index contributed by atoms with van der Waals surface area (Å²) in [7, 11) is 0. The monoisotopic (exact) mass is 334 g/mol. The number of hydrogen-bond acceptors (Lipinski definition) is 5. The van der Waals surface area contributed by atoms with E-state index in [1.807, 2.05) is 0 Å². The van der Waals surface area contributed by atoms with Crippen LogP contribution in [0, 0.1) is 0 Å². The number of hydrogen-bond donors (Lipinski definition) is 2. The third-order valence-electron chi connectivity index (χ3n) is 4.03. The van der Waals surface area contributed by atoms with Gasteiger partial charge in [0.1, 0.15) is 11.6 Å². The van der Waals surface area contributed by atoms with Gasteiger partial charge in [0.25, 0.3) is 5.56 Å². The predicted molar refractivity (Wildman–Crippen MR) is 93.2 cm³/mol. The summed E-state index contributed by atoms with van der Waals surface area (Å²) in [5.74, 6) is -0.356. The Labute approximate surface area is 141 Å². The Balaban J connectivity index is 1.63. The minimum Gasteiger partial charge on any atom is -0.345 e. The van der Waals surface area contributed by atoms with Crippen molar-refractivity contribution in [3.05, 3.63) is 59.1 Å². The maximum atomic E-state index is 12.5. The van der Waals surface area contributed by atoms with Crippen molar-refractivity contribution in [2.75, 3.05) is 5.32 Å². The molecular formula is C17H14N6O2. The largest absolute Gasteiger partial charge is 0.345 e. The van der Waals surface area contributed by atoms with Crippen molar-refractivity contribution in [2.24, 2.45) is 0 Å². The van der Waals surface area contributed by atoms with Gasteiger partial charge in [-0.3, -0.25) is 9.59 Å². The first-order valence-corrected chi connectivity index (χ1v) is 7.72. The Bertz CT molecular complexity index is 1150. The lowest BCUT2D eigenvalue weighted by Crippen LogP contribution is -2.34. The summed E-state index contributed by atoms with van der Waals surface area (Å²) >= 11 is 0. The summed E-state index contributed by atoms with van der Waals surface area (Å²) in [6.07, 6.45) is 1.59. The molecule has 0 unspecified atom stereocenters. The van der Waals surface area contributed by atoms with Crippen molar-refractivity contribution in [3.8, 4) is 0 Å². The van der Waals surface area contributed by atoms with Gasteiger partial charge in [0.05, 0.1) is 22.7 Å². The first-order valence-electron chi connectivity index (χ1n) is 7.72. The molecule has 0 fully saturated rings. The topological polar surface area (TPSA) is 106 Å². The highest BCUT2D eigenvalue weighted by Gasteiger charge is 2.19. The van der Waals surface area contributed by atoms with Crippen molar-refractivity contribution in [3.63, 3.8) is 0 Å². The maximum absolute atomic E-state index is 12.5. The number of aromatic amines is 1. The molecule has 0 saturated heterocycles. The summed E-state index contributed by atoms with van der Waals surface area (Å²) in [5, 5.41) is 11.1. The summed E-state index contributed by atoms with van der Waals surface area (Å²) in [6.45, 7) is 1.61. The number of nitrogens with zero attached hydrogens (tertiary/aromatic N) is 4. The number of amides is 1. The van der Waals surface area contributed by atoms with Crippen LogP contribution in [0.25, 0.3) is 21.9 Å². The molecule has 0 aliphatic carbocycles. The number of fused-ring (bicyclic) bond motifs is 2. The van der Waals surface area contributed by atoms with Crippen LogP contribution in [-0.4, -0.2) is 30.9 Å². The zero-order valence-electron chi connectivity index (χ0n) is 13.3. The van der Waals surface area contributed by atoms with Gasteiger partial charge in [0, 0.05) is 5.69 Å². The SMILES string of the molecule is C[C@@H](C(=O)Nc1ccc2nc[nH]c2c1)n1nnc2ccccc2c1=O. The third kappa shape index (κ3) is 2.63. The normalized spacial score (nSPS) is 12.4. The Morgan fingerprint density at radius 1 is 1.20 bits per heavy atom. The molecule has 25 heavy (non-hydrogen) atoms. The van der Waals surface area contributed by atoms with E-state index in [0.29, 0.717) is 16.6 Å². The molecule has 0 bridgehead atoms. The molecule has 0 radical (unpaired) electrons. The minimum absolute atomic E-state index is 0.350. The van der Waals surface area contributed by atoms with Crippen molar-refractivity contribution in [2.45, 2.75) is 13.0 Å². The van der Waals surface area contributed by atoms with Gasteiger partial charge in [-0.1, -0.05) is 17.3 Å². The smallest absolute Gasteiger partial charge is 0.278 e. The average Bonchev–Trinajstić information content (AvgIpc) is 3.09. The second kappa shape index (κ2) is 5.82. The van der Waals surface area contributed by atoms with Crippen LogP contribution in [0.2, 0.25) is 0 Å². The van der Waals surface area contributed by atoms with Gasteiger partial charge in [-0.05, 0) is 37.3 Å². The highest BCUT2D eigenvalue weighted by Crippen LogP contribution is 2.17. The summed E-state index contributed by atoms with van der Waals surface area (Å²) in [4.78, 5) is 32.2.